The first-order valence-corrected chi connectivity index (χ1v) is 6.48. The normalized spacial score (nSPS) is 30.7. The van der Waals surface area contributed by atoms with Crippen molar-refractivity contribution in [2.45, 2.75) is 25.4 Å². The Morgan fingerprint density at radius 2 is 2.23 bits per heavy atom. The van der Waals surface area contributed by atoms with Crippen molar-refractivity contribution in [2.24, 2.45) is 11.8 Å². The van der Waals surface area contributed by atoms with Crippen LogP contribution in [0.5, 0.6) is 0 Å². The Morgan fingerprint density at radius 1 is 1.38 bits per heavy atom. The number of hydrogen-bond acceptors (Lipinski definition) is 3. The molecule has 2 N–H and O–H groups in total. The first-order valence-electron chi connectivity index (χ1n) is 5.33. The summed E-state index contributed by atoms with van der Waals surface area (Å²) >= 11 is 2.06. The molecule has 2 unspecified atom stereocenters. The fraction of sp³-hybridized carbons (Fsp3) is 1.00. The number of hydrogen-bond donors (Lipinski definition) is 2. The van der Waals surface area contributed by atoms with Crippen LogP contribution in [0, 0.1) is 11.8 Å². The number of rotatable bonds is 5. The maximum absolute atomic E-state index is 9.60. The van der Waals surface area contributed by atoms with Gasteiger partial charge in [0.25, 0.3) is 0 Å². The lowest BCUT2D eigenvalue weighted by atomic mass is 10.1. The zero-order valence-electron chi connectivity index (χ0n) is 8.04. The highest BCUT2D eigenvalue weighted by Gasteiger charge is 2.29. The quantitative estimate of drug-likeness (QED) is 0.698. The van der Waals surface area contributed by atoms with Gasteiger partial charge in [0.15, 0.2) is 0 Å². The van der Waals surface area contributed by atoms with Crippen molar-refractivity contribution in [1.29, 1.82) is 0 Å². The predicted molar refractivity (Wildman–Crippen MR) is 57.0 cm³/mol. The van der Waals surface area contributed by atoms with Gasteiger partial charge in [-0.05, 0) is 49.1 Å². The number of aliphatic hydroxyl groups is 1. The van der Waals surface area contributed by atoms with Crippen LogP contribution in [0.4, 0.5) is 0 Å². The molecule has 0 aromatic carbocycles. The van der Waals surface area contributed by atoms with Gasteiger partial charge in [0, 0.05) is 6.54 Å². The van der Waals surface area contributed by atoms with Gasteiger partial charge in [-0.2, -0.15) is 11.8 Å². The van der Waals surface area contributed by atoms with Crippen LogP contribution in [-0.2, 0) is 0 Å². The second-order valence-corrected chi connectivity index (χ2v) is 5.44. The van der Waals surface area contributed by atoms with Crippen LogP contribution < -0.4 is 5.32 Å². The third-order valence-electron chi connectivity index (χ3n) is 2.98. The third-order valence-corrected chi connectivity index (χ3v) is 4.21. The van der Waals surface area contributed by atoms with Crippen LogP contribution in [0.1, 0.15) is 19.3 Å². The molecule has 2 fully saturated rings. The van der Waals surface area contributed by atoms with Gasteiger partial charge in [0.2, 0.25) is 0 Å². The Bertz CT molecular complexity index is 153. The van der Waals surface area contributed by atoms with Crippen molar-refractivity contribution in [3.63, 3.8) is 0 Å². The van der Waals surface area contributed by atoms with Gasteiger partial charge >= 0.3 is 0 Å². The fourth-order valence-electron chi connectivity index (χ4n) is 1.83. The van der Waals surface area contributed by atoms with E-state index in [-0.39, 0.29) is 6.10 Å². The summed E-state index contributed by atoms with van der Waals surface area (Å²) in [5.74, 6) is 4.12. The van der Waals surface area contributed by atoms with Gasteiger partial charge in [0.1, 0.15) is 0 Å². The Hall–Kier alpha value is 0.270. The summed E-state index contributed by atoms with van der Waals surface area (Å²) in [4.78, 5) is 0. The summed E-state index contributed by atoms with van der Waals surface area (Å²) in [7, 11) is 0. The van der Waals surface area contributed by atoms with E-state index in [2.05, 4.69) is 17.1 Å². The molecular weight excluding hydrogens is 182 g/mol. The molecule has 2 atom stereocenters. The van der Waals surface area contributed by atoms with Crippen LogP contribution in [0.15, 0.2) is 0 Å². The summed E-state index contributed by atoms with van der Waals surface area (Å²) in [5, 5.41) is 13.0. The number of nitrogens with one attached hydrogen (secondary N) is 1. The van der Waals surface area contributed by atoms with Crippen molar-refractivity contribution < 1.29 is 5.11 Å². The predicted octanol–water partition coefficient (Wildman–Crippen LogP) is 1.10. The molecule has 76 valence electrons. The topological polar surface area (TPSA) is 32.3 Å². The molecule has 0 bridgehead atoms. The minimum atomic E-state index is -0.0749. The molecule has 3 heteroatoms. The molecule has 1 heterocycles. The summed E-state index contributed by atoms with van der Waals surface area (Å²) in [6.07, 6.45) is 3.76. The third kappa shape index (κ3) is 3.15. The highest BCUT2D eigenvalue weighted by Crippen LogP contribution is 2.32. The van der Waals surface area contributed by atoms with Crippen molar-refractivity contribution >= 4 is 11.8 Å². The second kappa shape index (κ2) is 4.67. The molecule has 0 radical (unpaired) electrons. The Balaban J connectivity index is 1.52. The van der Waals surface area contributed by atoms with E-state index in [0.717, 1.165) is 19.0 Å². The van der Waals surface area contributed by atoms with E-state index in [1.54, 1.807) is 0 Å². The smallest absolute Gasteiger partial charge is 0.0692 e. The maximum Gasteiger partial charge on any atom is 0.0692 e. The standard InChI is InChI=1S/C10H19NOS/c12-10(9-1-2-9)6-11-5-8-3-4-13-7-8/h8-12H,1-7H2. The van der Waals surface area contributed by atoms with Crippen molar-refractivity contribution in [1.82, 2.24) is 5.32 Å². The summed E-state index contributed by atoms with van der Waals surface area (Å²) in [6.45, 7) is 1.92. The molecule has 2 aliphatic rings. The van der Waals surface area contributed by atoms with Gasteiger partial charge < -0.3 is 10.4 Å². The molecule has 0 aromatic rings. The van der Waals surface area contributed by atoms with Crippen molar-refractivity contribution in [3.8, 4) is 0 Å². The summed E-state index contributed by atoms with van der Waals surface area (Å²) < 4.78 is 0. The minimum Gasteiger partial charge on any atom is -0.392 e. The lowest BCUT2D eigenvalue weighted by Crippen LogP contribution is -2.32. The highest BCUT2D eigenvalue weighted by molar-refractivity contribution is 7.99. The van der Waals surface area contributed by atoms with Gasteiger partial charge in [-0.1, -0.05) is 0 Å². The van der Waals surface area contributed by atoms with Gasteiger partial charge in [-0.3, -0.25) is 0 Å². The molecule has 1 saturated heterocycles. The van der Waals surface area contributed by atoms with Crippen molar-refractivity contribution in [2.75, 3.05) is 24.6 Å². The molecule has 0 amide bonds. The molecule has 1 aliphatic heterocycles. The van der Waals surface area contributed by atoms with Crippen LogP contribution in [-0.4, -0.2) is 35.8 Å². The van der Waals surface area contributed by atoms with E-state index in [4.69, 9.17) is 0 Å². The van der Waals surface area contributed by atoms with E-state index in [1.165, 1.54) is 30.8 Å². The maximum atomic E-state index is 9.60. The summed E-state index contributed by atoms with van der Waals surface area (Å²) in [6, 6.07) is 0. The van der Waals surface area contributed by atoms with E-state index < -0.39 is 0 Å². The first-order chi connectivity index (χ1) is 6.36. The van der Waals surface area contributed by atoms with Gasteiger partial charge in [-0.15, -0.1) is 0 Å². The van der Waals surface area contributed by atoms with E-state index in [9.17, 15) is 5.11 Å². The van der Waals surface area contributed by atoms with Crippen LogP contribution in [0.25, 0.3) is 0 Å². The molecule has 0 spiro atoms. The SMILES string of the molecule is OC(CNCC1CCSC1)C1CC1. The molecule has 2 nitrogen and oxygen atoms in total. The van der Waals surface area contributed by atoms with E-state index in [1.807, 2.05) is 0 Å². The highest BCUT2D eigenvalue weighted by atomic mass is 32.2. The molecular formula is C10H19NOS. The lowest BCUT2D eigenvalue weighted by molar-refractivity contribution is 0.147. The number of aliphatic hydroxyl groups excluding tert-OH is 1. The Labute approximate surface area is 84.5 Å². The molecule has 13 heavy (non-hydrogen) atoms. The lowest BCUT2D eigenvalue weighted by Gasteiger charge is -2.13. The average Bonchev–Trinajstić information content (AvgIpc) is 2.86. The molecule has 0 aromatic heterocycles. The fourth-order valence-corrected chi connectivity index (χ4v) is 3.11. The van der Waals surface area contributed by atoms with Crippen LogP contribution in [0.3, 0.4) is 0 Å². The van der Waals surface area contributed by atoms with Gasteiger partial charge in [0.05, 0.1) is 6.10 Å². The largest absolute Gasteiger partial charge is 0.392 e. The van der Waals surface area contributed by atoms with E-state index in [0.29, 0.717) is 5.92 Å². The van der Waals surface area contributed by atoms with E-state index >= 15 is 0 Å². The second-order valence-electron chi connectivity index (χ2n) is 4.29. The van der Waals surface area contributed by atoms with Crippen molar-refractivity contribution in [3.05, 3.63) is 0 Å². The molecule has 2 rings (SSSR count). The Kier molecular flexibility index (Phi) is 3.52. The monoisotopic (exact) mass is 201 g/mol. The van der Waals surface area contributed by atoms with Crippen LogP contribution >= 0.6 is 11.8 Å². The summed E-state index contributed by atoms with van der Waals surface area (Å²) in [5.41, 5.74) is 0. The zero-order chi connectivity index (χ0) is 9.10. The number of thioether (sulfide) groups is 1. The van der Waals surface area contributed by atoms with Crippen LogP contribution in [0.2, 0.25) is 0 Å². The Morgan fingerprint density at radius 3 is 2.85 bits per heavy atom. The molecule has 1 aliphatic carbocycles. The van der Waals surface area contributed by atoms with Gasteiger partial charge in [-0.25, -0.2) is 0 Å². The molecule has 1 saturated carbocycles. The minimum absolute atomic E-state index is 0.0749. The first kappa shape index (κ1) is 9.81. The average molecular weight is 201 g/mol. The zero-order valence-corrected chi connectivity index (χ0v) is 8.85.